The Balaban J connectivity index is 0.912. The monoisotopic (exact) mass is 813 g/mol. The number of hydrogen-bond acceptors (Lipinski definition) is 3. The average Bonchev–Trinajstić information content (AvgIpc) is 3.38. The Hall–Kier alpha value is -8.53. The SMILES string of the molecule is c1ccc(-c2nc(-c3ccc(-c4ccc(-c5ccc(-c6c7ccccc7cc7c6ccc6ccccc67)cc5)c5ccccc45)cc3)nc(-c3ccccc3-c3ccccc3)n2)cc1. The fourth-order valence-electron chi connectivity index (χ4n) is 9.44. The molecule has 64 heavy (non-hydrogen) atoms. The number of rotatable bonds is 7. The largest absolute Gasteiger partial charge is 0.208 e. The van der Waals surface area contributed by atoms with E-state index in [9.17, 15) is 0 Å². The summed E-state index contributed by atoms with van der Waals surface area (Å²) >= 11 is 0. The number of nitrogens with zero attached hydrogens (tertiary/aromatic N) is 3. The van der Waals surface area contributed by atoms with Crippen LogP contribution in [-0.2, 0) is 0 Å². The predicted octanol–water partition coefficient (Wildman–Crippen LogP) is 16.2. The average molecular weight is 814 g/mol. The molecule has 0 radical (unpaired) electrons. The Bertz CT molecular complexity index is 3690. The lowest BCUT2D eigenvalue weighted by Gasteiger charge is -2.15. The first-order chi connectivity index (χ1) is 31.7. The van der Waals surface area contributed by atoms with Crippen LogP contribution in [0.3, 0.4) is 0 Å². The molecule has 3 heteroatoms. The second-order valence-corrected chi connectivity index (χ2v) is 16.3. The van der Waals surface area contributed by atoms with Crippen LogP contribution in [0.5, 0.6) is 0 Å². The lowest BCUT2D eigenvalue weighted by molar-refractivity contribution is 1.07. The molecule has 0 amide bonds. The second-order valence-electron chi connectivity index (χ2n) is 16.3. The van der Waals surface area contributed by atoms with Crippen molar-refractivity contribution in [3.63, 3.8) is 0 Å². The van der Waals surface area contributed by atoms with Crippen LogP contribution >= 0.6 is 0 Å². The predicted molar refractivity (Wildman–Crippen MR) is 268 cm³/mol. The minimum atomic E-state index is 0.631. The summed E-state index contributed by atoms with van der Waals surface area (Å²) in [6.45, 7) is 0. The number of benzene rings is 11. The van der Waals surface area contributed by atoms with Crippen molar-refractivity contribution in [3.8, 4) is 78.7 Å². The maximum absolute atomic E-state index is 5.13. The Kier molecular flexibility index (Phi) is 9.16. The van der Waals surface area contributed by atoms with Crippen LogP contribution in [-0.4, -0.2) is 15.0 Å². The third-order valence-corrected chi connectivity index (χ3v) is 12.6. The molecule has 298 valence electrons. The summed E-state index contributed by atoms with van der Waals surface area (Å²) in [6.07, 6.45) is 0. The normalized spacial score (nSPS) is 11.4. The molecule has 0 spiro atoms. The Morgan fingerprint density at radius 2 is 0.641 bits per heavy atom. The summed E-state index contributed by atoms with van der Waals surface area (Å²) < 4.78 is 0. The van der Waals surface area contributed by atoms with Gasteiger partial charge in [-0.2, -0.15) is 0 Å². The highest BCUT2D eigenvalue weighted by molar-refractivity contribution is 6.20. The van der Waals surface area contributed by atoms with E-state index >= 15 is 0 Å². The van der Waals surface area contributed by atoms with Gasteiger partial charge in [0.2, 0.25) is 0 Å². The summed E-state index contributed by atoms with van der Waals surface area (Å²) in [5.41, 5.74) is 12.2. The molecule has 0 unspecified atom stereocenters. The van der Waals surface area contributed by atoms with E-state index in [1.807, 2.05) is 42.5 Å². The molecular weight excluding hydrogens is 775 g/mol. The number of aromatic nitrogens is 3. The molecular formula is C61H39N3. The van der Waals surface area contributed by atoms with Crippen molar-refractivity contribution in [1.82, 2.24) is 15.0 Å². The van der Waals surface area contributed by atoms with E-state index in [-0.39, 0.29) is 0 Å². The van der Waals surface area contributed by atoms with Gasteiger partial charge in [-0.15, -0.1) is 0 Å². The van der Waals surface area contributed by atoms with Crippen LogP contribution in [0, 0.1) is 0 Å². The van der Waals surface area contributed by atoms with Gasteiger partial charge in [0.15, 0.2) is 17.5 Å². The third kappa shape index (κ3) is 6.59. The van der Waals surface area contributed by atoms with Crippen molar-refractivity contribution in [2.24, 2.45) is 0 Å². The molecule has 0 aliphatic rings. The van der Waals surface area contributed by atoms with E-state index in [4.69, 9.17) is 15.0 Å². The van der Waals surface area contributed by atoms with E-state index in [0.29, 0.717) is 17.5 Å². The van der Waals surface area contributed by atoms with Gasteiger partial charge in [0.25, 0.3) is 0 Å². The van der Waals surface area contributed by atoms with Crippen molar-refractivity contribution in [1.29, 1.82) is 0 Å². The molecule has 1 heterocycles. The highest BCUT2D eigenvalue weighted by Crippen LogP contribution is 2.42. The van der Waals surface area contributed by atoms with Gasteiger partial charge in [0.1, 0.15) is 0 Å². The molecule has 0 fully saturated rings. The van der Waals surface area contributed by atoms with Crippen LogP contribution in [0.4, 0.5) is 0 Å². The first-order valence-corrected chi connectivity index (χ1v) is 21.8. The van der Waals surface area contributed by atoms with Crippen molar-refractivity contribution < 1.29 is 0 Å². The van der Waals surface area contributed by atoms with Gasteiger partial charge in [-0.3, -0.25) is 0 Å². The maximum atomic E-state index is 5.13. The van der Waals surface area contributed by atoms with E-state index in [1.165, 1.54) is 70.9 Å². The highest BCUT2D eigenvalue weighted by Gasteiger charge is 2.17. The Morgan fingerprint density at radius 1 is 0.203 bits per heavy atom. The summed E-state index contributed by atoms with van der Waals surface area (Å²) in [4.78, 5) is 15.2. The van der Waals surface area contributed by atoms with Crippen LogP contribution < -0.4 is 0 Å². The van der Waals surface area contributed by atoms with Crippen molar-refractivity contribution in [2.75, 3.05) is 0 Å². The molecule has 11 aromatic carbocycles. The first kappa shape index (κ1) is 37.2. The quantitative estimate of drug-likeness (QED) is 0.119. The fraction of sp³-hybridized carbons (Fsp3) is 0. The van der Waals surface area contributed by atoms with Gasteiger partial charge in [-0.05, 0) is 93.7 Å². The highest BCUT2D eigenvalue weighted by atomic mass is 15.0. The zero-order valence-corrected chi connectivity index (χ0v) is 34.9. The molecule has 0 bridgehead atoms. The molecule has 0 aliphatic carbocycles. The molecule has 0 N–H and O–H groups in total. The molecule has 0 atom stereocenters. The molecule has 1 aromatic heterocycles. The van der Waals surface area contributed by atoms with Gasteiger partial charge in [-0.25, -0.2) is 15.0 Å². The summed E-state index contributed by atoms with van der Waals surface area (Å²) in [5.74, 6) is 1.91. The molecule has 0 aliphatic heterocycles. The molecule has 3 nitrogen and oxygen atoms in total. The summed E-state index contributed by atoms with van der Waals surface area (Å²) in [6, 6.07) is 84.3. The van der Waals surface area contributed by atoms with Crippen molar-refractivity contribution >= 4 is 43.1 Å². The number of fused-ring (bicyclic) bond motifs is 5. The standard InChI is InChI=1S/C61H39N3/c1-3-15-40(16-4-1)48-21-11-14-26-56(48)61-63-59(45-18-5-2-6-19-45)62-60(64-61)46-33-29-43(30-34-46)51-38-37-50(53-24-12-13-25-54(51)53)42-27-31-44(32-28-42)58-52-23-10-8-20-47(52)39-57-49-22-9-7-17-41(49)35-36-55(57)58/h1-39H. The molecule has 0 saturated heterocycles. The Labute approximate surface area is 371 Å². The van der Waals surface area contributed by atoms with E-state index < -0.39 is 0 Å². The molecule has 12 aromatic rings. The van der Waals surface area contributed by atoms with Crippen molar-refractivity contribution in [2.45, 2.75) is 0 Å². The second kappa shape index (κ2) is 15.7. The van der Waals surface area contributed by atoms with Crippen LogP contribution in [0.25, 0.3) is 122 Å². The topological polar surface area (TPSA) is 38.7 Å². The zero-order valence-electron chi connectivity index (χ0n) is 34.9. The van der Waals surface area contributed by atoms with Crippen LogP contribution in [0.2, 0.25) is 0 Å². The summed E-state index contributed by atoms with van der Waals surface area (Å²) in [5, 5.41) is 10.0. The van der Waals surface area contributed by atoms with E-state index in [1.54, 1.807) is 0 Å². The lowest BCUT2D eigenvalue weighted by atomic mass is 9.88. The van der Waals surface area contributed by atoms with Gasteiger partial charge in [0, 0.05) is 16.7 Å². The zero-order chi connectivity index (χ0) is 42.4. The third-order valence-electron chi connectivity index (χ3n) is 12.6. The molecule has 0 saturated carbocycles. The van der Waals surface area contributed by atoms with Crippen molar-refractivity contribution in [3.05, 3.63) is 237 Å². The van der Waals surface area contributed by atoms with Crippen LogP contribution in [0.1, 0.15) is 0 Å². The maximum Gasteiger partial charge on any atom is 0.164 e. The van der Waals surface area contributed by atoms with Crippen LogP contribution in [0.15, 0.2) is 237 Å². The minimum Gasteiger partial charge on any atom is -0.208 e. The lowest BCUT2D eigenvalue weighted by Crippen LogP contribution is -2.01. The smallest absolute Gasteiger partial charge is 0.164 e. The van der Waals surface area contributed by atoms with Gasteiger partial charge < -0.3 is 0 Å². The van der Waals surface area contributed by atoms with E-state index in [2.05, 4.69) is 194 Å². The number of hydrogen-bond donors (Lipinski definition) is 0. The Morgan fingerprint density at radius 3 is 1.28 bits per heavy atom. The first-order valence-electron chi connectivity index (χ1n) is 21.8. The fourth-order valence-corrected chi connectivity index (χ4v) is 9.44. The van der Waals surface area contributed by atoms with Gasteiger partial charge >= 0.3 is 0 Å². The minimum absolute atomic E-state index is 0.631. The van der Waals surface area contributed by atoms with Gasteiger partial charge in [0.05, 0.1) is 0 Å². The van der Waals surface area contributed by atoms with E-state index in [0.717, 1.165) is 33.4 Å². The van der Waals surface area contributed by atoms with Gasteiger partial charge in [-0.1, -0.05) is 231 Å². The molecule has 12 rings (SSSR count). The summed E-state index contributed by atoms with van der Waals surface area (Å²) in [7, 11) is 0.